The molecule has 0 saturated carbocycles. The number of ether oxygens (including phenoxy) is 1. The van der Waals surface area contributed by atoms with Crippen molar-refractivity contribution in [3.8, 4) is 11.3 Å². The topological polar surface area (TPSA) is 89.3 Å². The number of methoxy groups -OCH3 is 1. The summed E-state index contributed by atoms with van der Waals surface area (Å²) in [4.78, 5) is 15.8. The molecule has 2 heterocycles. The fourth-order valence-corrected chi connectivity index (χ4v) is 1.69. The molecule has 21 heavy (non-hydrogen) atoms. The summed E-state index contributed by atoms with van der Waals surface area (Å²) in [5, 5.41) is 9.67. The van der Waals surface area contributed by atoms with Gasteiger partial charge in [-0.25, -0.2) is 0 Å². The summed E-state index contributed by atoms with van der Waals surface area (Å²) in [6, 6.07) is 5.20. The Morgan fingerprint density at radius 1 is 1.29 bits per heavy atom. The van der Waals surface area contributed by atoms with Gasteiger partial charge in [0.2, 0.25) is 0 Å². The van der Waals surface area contributed by atoms with E-state index in [1.165, 1.54) is 0 Å². The van der Waals surface area contributed by atoms with E-state index in [0.29, 0.717) is 25.5 Å². The van der Waals surface area contributed by atoms with Gasteiger partial charge in [0.1, 0.15) is 0 Å². The molecule has 0 unspecified atom stereocenters. The lowest BCUT2D eigenvalue weighted by Gasteiger charge is -2.04. The lowest BCUT2D eigenvalue weighted by molar-refractivity contribution is 0.0944. The van der Waals surface area contributed by atoms with Crippen LogP contribution in [0, 0.1) is 0 Å². The largest absolute Gasteiger partial charge is 0.383 e. The first-order valence-electron chi connectivity index (χ1n) is 6.66. The van der Waals surface area contributed by atoms with Crippen LogP contribution in [0.4, 0.5) is 0 Å². The number of hydrogen-bond acceptors (Lipinski definition) is 6. The van der Waals surface area contributed by atoms with E-state index in [-0.39, 0.29) is 11.6 Å². The molecule has 0 aliphatic rings. The van der Waals surface area contributed by atoms with E-state index in [4.69, 9.17) is 9.26 Å². The monoisotopic (exact) mass is 290 g/mol. The van der Waals surface area contributed by atoms with Gasteiger partial charge in [-0.3, -0.25) is 9.78 Å². The summed E-state index contributed by atoms with van der Waals surface area (Å²) in [7, 11) is 1.65. The lowest BCUT2D eigenvalue weighted by Crippen LogP contribution is -2.33. The Morgan fingerprint density at radius 2 is 2.10 bits per heavy atom. The Hall–Kier alpha value is -2.25. The van der Waals surface area contributed by atoms with Crippen molar-refractivity contribution in [3.05, 3.63) is 36.3 Å². The number of carbonyl (C=O) groups is 1. The molecule has 7 nitrogen and oxygen atoms in total. The molecule has 7 heteroatoms. The highest BCUT2D eigenvalue weighted by Crippen LogP contribution is 2.18. The Labute approximate surface area is 122 Å². The third kappa shape index (κ3) is 4.66. The van der Waals surface area contributed by atoms with Gasteiger partial charge in [0.05, 0.1) is 6.61 Å². The maximum absolute atomic E-state index is 11.9. The molecule has 2 aromatic rings. The number of hydrogen-bond donors (Lipinski definition) is 2. The van der Waals surface area contributed by atoms with Crippen LogP contribution in [0.1, 0.15) is 10.5 Å². The number of carbonyl (C=O) groups excluding carboxylic acids is 1. The SMILES string of the molecule is COCCNCCNC(=O)c1cc(-c2ccncc2)on1. The number of nitrogens with zero attached hydrogens (tertiary/aromatic N) is 2. The van der Waals surface area contributed by atoms with Gasteiger partial charge in [0.25, 0.3) is 5.91 Å². The van der Waals surface area contributed by atoms with Crippen LogP contribution in [-0.4, -0.2) is 49.4 Å². The zero-order valence-electron chi connectivity index (χ0n) is 11.8. The van der Waals surface area contributed by atoms with Gasteiger partial charge in [-0.2, -0.15) is 0 Å². The Morgan fingerprint density at radius 3 is 2.86 bits per heavy atom. The zero-order chi connectivity index (χ0) is 14.9. The van der Waals surface area contributed by atoms with E-state index in [1.807, 2.05) is 0 Å². The predicted molar refractivity (Wildman–Crippen MR) is 76.8 cm³/mol. The van der Waals surface area contributed by atoms with Crippen LogP contribution in [-0.2, 0) is 4.74 Å². The van der Waals surface area contributed by atoms with Crippen molar-refractivity contribution in [2.75, 3.05) is 33.4 Å². The lowest BCUT2D eigenvalue weighted by atomic mass is 10.2. The first-order chi connectivity index (χ1) is 10.3. The van der Waals surface area contributed by atoms with Crippen LogP contribution in [0.2, 0.25) is 0 Å². The summed E-state index contributed by atoms with van der Waals surface area (Å²) in [5.41, 5.74) is 1.09. The molecule has 112 valence electrons. The highest BCUT2D eigenvalue weighted by molar-refractivity contribution is 5.93. The molecule has 1 amide bonds. The average molecular weight is 290 g/mol. The van der Waals surface area contributed by atoms with Crippen LogP contribution in [0.3, 0.4) is 0 Å². The minimum absolute atomic E-state index is 0.257. The third-order valence-corrected chi connectivity index (χ3v) is 2.78. The minimum atomic E-state index is -0.257. The van der Waals surface area contributed by atoms with Crippen LogP contribution in [0.25, 0.3) is 11.3 Å². The molecule has 0 radical (unpaired) electrons. The van der Waals surface area contributed by atoms with Gasteiger partial charge in [0.15, 0.2) is 11.5 Å². The fourth-order valence-electron chi connectivity index (χ4n) is 1.69. The molecule has 0 aromatic carbocycles. The molecular weight excluding hydrogens is 272 g/mol. The van der Waals surface area contributed by atoms with E-state index in [9.17, 15) is 4.79 Å². The van der Waals surface area contributed by atoms with Crippen molar-refractivity contribution in [2.24, 2.45) is 0 Å². The molecule has 0 atom stereocenters. The fraction of sp³-hybridized carbons (Fsp3) is 0.357. The first-order valence-corrected chi connectivity index (χ1v) is 6.66. The van der Waals surface area contributed by atoms with Gasteiger partial charge >= 0.3 is 0 Å². The molecule has 0 bridgehead atoms. The molecule has 0 aliphatic carbocycles. The number of pyridine rings is 1. The van der Waals surface area contributed by atoms with Gasteiger partial charge in [-0.1, -0.05) is 5.16 Å². The van der Waals surface area contributed by atoms with E-state index >= 15 is 0 Å². The maximum atomic E-state index is 11.9. The summed E-state index contributed by atoms with van der Waals surface area (Å²) in [6.07, 6.45) is 3.31. The van der Waals surface area contributed by atoms with E-state index in [1.54, 1.807) is 37.7 Å². The maximum Gasteiger partial charge on any atom is 0.273 e. The van der Waals surface area contributed by atoms with E-state index in [0.717, 1.165) is 12.1 Å². The molecule has 0 saturated heterocycles. The number of aromatic nitrogens is 2. The highest BCUT2D eigenvalue weighted by Gasteiger charge is 2.12. The zero-order valence-corrected chi connectivity index (χ0v) is 11.8. The van der Waals surface area contributed by atoms with Gasteiger partial charge in [-0.05, 0) is 12.1 Å². The quantitative estimate of drug-likeness (QED) is 0.696. The highest BCUT2D eigenvalue weighted by atomic mass is 16.5. The van der Waals surface area contributed by atoms with Crippen LogP contribution < -0.4 is 10.6 Å². The van der Waals surface area contributed by atoms with Gasteiger partial charge < -0.3 is 19.9 Å². The van der Waals surface area contributed by atoms with Crippen molar-refractivity contribution in [3.63, 3.8) is 0 Å². The van der Waals surface area contributed by atoms with Crippen molar-refractivity contribution in [1.82, 2.24) is 20.8 Å². The van der Waals surface area contributed by atoms with Crippen molar-refractivity contribution >= 4 is 5.91 Å². The average Bonchev–Trinajstić information content (AvgIpc) is 3.01. The number of nitrogens with one attached hydrogen (secondary N) is 2. The van der Waals surface area contributed by atoms with E-state index in [2.05, 4.69) is 20.8 Å². The van der Waals surface area contributed by atoms with Crippen LogP contribution in [0.15, 0.2) is 35.1 Å². The van der Waals surface area contributed by atoms with Crippen molar-refractivity contribution in [2.45, 2.75) is 0 Å². The summed E-state index contributed by atoms with van der Waals surface area (Å²) in [6.45, 7) is 2.58. The molecule has 0 spiro atoms. The normalized spacial score (nSPS) is 10.5. The van der Waals surface area contributed by atoms with Crippen molar-refractivity contribution < 1.29 is 14.1 Å². The Kier molecular flexibility index (Phi) is 5.86. The number of rotatable bonds is 8. The second kappa shape index (κ2) is 8.13. The molecule has 0 fully saturated rings. The van der Waals surface area contributed by atoms with Crippen LogP contribution >= 0.6 is 0 Å². The Bertz CT molecular complexity index is 556. The molecule has 2 N–H and O–H groups in total. The summed E-state index contributed by atoms with van der Waals surface area (Å²) >= 11 is 0. The molecule has 2 rings (SSSR count). The molecule has 0 aliphatic heterocycles. The third-order valence-electron chi connectivity index (χ3n) is 2.78. The second-order valence-electron chi connectivity index (χ2n) is 4.31. The first kappa shape index (κ1) is 15.1. The smallest absolute Gasteiger partial charge is 0.273 e. The molecule has 2 aromatic heterocycles. The van der Waals surface area contributed by atoms with Gasteiger partial charge in [0, 0.05) is 50.8 Å². The van der Waals surface area contributed by atoms with Crippen LogP contribution in [0.5, 0.6) is 0 Å². The van der Waals surface area contributed by atoms with Gasteiger partial charge in [-0.15, -0.1) is 0 Å². The van der Waals surface area contributed by atoms with Crippen molar-refractivity contribution in [1.29, 1.82) is 0 Å². The number of amides is 1. The summed E-state index contributed by atoms with van der Waals surface area (Å²) < 4.78 is 10.1. The van der Waals surface area contributed by atoms with E-state index < -0.39 is 0 Å². The summed E-state index contributed by atoms with van der Waals surface area (Å²) in [5.74, 6) is 0.286. The second-order valence-corrected chi connectivity index (χ2v) is 4.31. The predicted octanol–water partition coefficient (Wildman–Crippen LogP) is 0.702. The standard InChI is InChI=1S/C14H18N4O3/c1-20-9-8-16-6-7-17-14(19)12-10-13(21-18-12)11-2-4-15-5-3-11/h2-5,10,16H,6-9H2,1H3,(H,17,19). The minimum Gasteiger partial charge on any atom is -0.383 e. The Balaban J connectivity index is 1.80. The molecular formula is C14H18N4O3.